The second-order valence-electron chi connectivity index (χ2n) is 8.69. The van der Waals surface area contributed by atoms with Crippen LogP contribution < -0.4 is 14.4 Å². The van der Waals surface area contributed by atoms with E-state index in [1.165, 1.54) is 4.31 Å². The van der Waals surface area contributed by atoms with E-state index in [0.717, 1.165) is 16.7 Å². The maximum absolute atomic E-state index is 13.6. The lowest BCUT2D eigenvalue weighted by molar-refractivity contribution is -0.118. The van der Waals surface area contributed by atoms with E-state index in [1.807, 2.05) is 13.8 Å². The Bertz CT molecular complexity index is 1520. The first kappa shape index (κ1) is 27.5. The summed E-state index contributed by atoms with van der Waals surface area (Å²) in [5.41, 5.74) is 3.57. The number of sulfonamides is 1. The van der Waals surface area contributed by atoms with Crippen LogP contribution in [0.5, 0.6) is 5.75 Å². The molecule has 0 aliphatic rings. The number of rotatable bonds is 9. The highest BCUT2D eigenvalue weighted by Crippen LogP contribution is 2.29. The Labute approximate surface area is 232 Å². The molecule has 9 heteroatoms. The van der Waals surface area contributed by atoms with Crippen LogP contribution in [0.1, 0.15) is 16.7 Å². The first-order chi connectivity index (χ1) is 18.1. The molecule has 4 rings (SSSR count). The van der Waals surface area contributed by atoms with Crippen molar-refractivity contribution in [1.29, 1.82) is 0 Å². The molecule has 4 aromatic rings. The lowest BCUT2D eigenvalue weighted by atomic mass is 10.2. The highest BCUT2D eigenvalue weighted by atomic mass is 35.5. The molecule has 0 unspecified atom stereocenters. The molecule has 0 aliphatic carbocycles. The average molecular weight is 570 g/mol. The monoisotopic (exact) mass is 568 g/mol. The van der Waals surface area contributed by atoms with Crippen molar-refractivity contribution >= 4 is 50.5 Å². The molecule has 1 amide bonds. The van der Waals surface area contributed by atoms with Crippen LogP contribution in [0.3, 0.4) is 0 Å². The zero-order chi connectivity index (χ0) is 27.3. The Morgan fingerprint density at radius 1 is 0.868 bits per heavy atom. The highest BCUT2D eigenvalue weighted by molar-refractivity contribution is 7.92. The van der Waals surface area contributed by atoms with Gasteiger partial charge in [0.2, 0.25) is 0 Å². The molecule has 0 spiro atoms. The van der Waals surface area contributed by atoms with Crippen LogP contribution >= 0.6 is 23.2 Å². The van der Waals surface area contributed by atoms with Crippen molar-refractivity contribution in [3.05, 3.63) is 118 Å². The fourth-order valence-corrected chi connectivity index (χ4v) is 5.45. The molecular formula is C29H26Cl2N2O4S. The van der Waals surface area contributed by atoms with Gasteiger partial charge in [-0.3, -0.25) is 9.10 Å². The Balaban J connectivity index is 1.52. The SMILES string of the molecule is Cc1ccc(S(=O)(=O)N(Cc2ccc(Cl)cc2)c2ccc(OCC(=O)Nc3cccc(Cl)c3C)cc2)cc1. The average Bonchev–Trinajstić information content (AvgIpc) is 2.90. The van der Waals surface area contributed by atoms with Crippen molar-refractivity contribution in [2.45, 2.75) is 25.3 Å². The van der Waals surface area contributed by atoms with Crippen LogP contribution in [0.15, 0.2) is 95.9 Å². The molecule has 0 heterocycles. The smallest absolute Gasteiger partial charge is 0.264 e. The van der Waals surface area contributed by atoms with Crippen molar-refractivity contribution in [2.24, 2.45) is 0 Å². The van der Waals surface area contributed by atoms with E-state index < -0.39 is 10.0 Å². The molecule has 0 aromatic heterocycles. The van der Waals surface area contributed by atoms with Gasteiger partial charge in [-0.1, -0.05) is 59.1 Å². The summed E-state index contributed by atoms with van der Waals surface area (Å²) in [6.07, 6.45) is 0. The summed E-state index contributed by atoms with van der Waals surface area (Å²) in [6.45, 7) is 3.60. The number of anilines is 2. The molecular weight excluding hydrogens is 543 g/mol. The molecule has 0 atom stereocenters. The molecule has 0 aliphatic heterocycles. The van der Waals surface area contributed by atoms with Crippen molar-refractivity contribution in [3.8, 4) is 5.75 Å². The predicted molar refractivity (Wildman–Crippen MR) is 153 cm³/mol. The minimum atomic E-state index is -3.88. The van der Waals surface area contributed by atoms with Gasteiger partial charge in [0.15, 0.2) is 6.61 Å². The van der Waals surface area contributed by atoms with Crippen LogP contribution in [0.4, 0.5) is 11.4 Å². The molecule has 0 radical (unpaired) electrons. The Morgan fingerprint density at radius 2 is 1.53 bits per heavy atom. The summed E-state index contributed by atoms with van der Waals surface area (Å²) >= 11 is 12.1. The number of hydrogen-bond acceptors (Lipinski definition) is 4. The number of nitrogens with zero attached hydrogens (tertiary/aromatic N) is 1. The molecule has 0 fully saturated rings. The number of ether oxygens (including phenoxy) is 1. The van der Waals surface area contributed by atoms with E-state index in [-0.39, 0.29) is 24.0 Å². The third kappa shape index (κ3) is 6.67. The molecule has 196 valence electrons. The number of benzene rings is 4. The summed E-state index contributed by atoms with van der Waals surface area (Å²) in [4.78, 5) is 12.6. The molecule has 1 N–H and O–H groups in total. The highest BCUT2D eigenvalue weighted by Gasteiger charge is 2.25. The maximum Gasteiger partial charge on any atom is 0.264 e. The zero-order valence-electron chi connectivity index (χ0n) is 20.8. The first-order valence-corrected chi connectivity index (χ1v) is 13.9. The van der Waals surface area contributed by atoms with Crippen LogP contribution in [-0.4, -0.2) is 20.9 Å². The van der Waals surface area contributed by atoms with Gasteiger partial charge in [0, 0.05) is 15.7 Å². The van der Waals surface area contributed by atoms with E-state index in [4.69, 9.17) is 27.9 Å². The van der Waals surface area contributed by atoms with Crippen LogP contribution in [-0.2, 0) is 21.4 Å². The zero-order valence-corrected chi connectivity index (χ0v) is 23.1. The third-order valence-electron chi connectivity index (χ3n) is 5.88. The molecule has 4 aromatic carbocycles. The second kappa shape index (κ2) is 11.9. The van der Waals surface area contributed by atoms with Gasteiger partial charge >= 0.3 is 0 Å². The normalized spacial score (nSPS) is 11.2. The lowest BCUT2D eigenvalue weighted by Crippen LogP contribution is -2.30. The number of carbonyl (C=O) groups is 1. The van der Waals surface area contributed by atoms with Gasteiger partial charge in [-0.15, -0.1) is 0 Å². The topological polar surface area (TPSA) is 75.7 Å². The fraction of sp³-hybridized carbons (Fsp3) is 0.138. The Kier molecular flexibility index (Phi) is 8.62. The number of aryl methyl sites for hydroxylation is 1. The largest absolute Gasteiger partial charge is 0.484 e. The first-order valence-electron chi connectivity index (χ1n) is 11.7. The van der Waals surface area contributed by atoms with Gasteiger partial charge in [0.05, 0.1) is 17.1 Å². The lowest BCUT2D eigenvalue weighted by Gasteiger charge is -2.25. The Morgan fingerprint density at radius 3 is 2.18 bits per heavy atom. The van der Waals surface area contributed by atoms with Crippen LogP contribution in [0.2, 0.25) is 10.0 Å². The van der Waals surface area contributed by atoms with Crippen molar-refractivity contribution in [3.63, 3.8) is 0 Å². The van der Waals surface area contributed by atoms with Gasteiger partial charge in [-0.25, -0.2) is 8.42 Å². The Hall–Kier alpha value is -3.52. The number of carbonyl (C=O) groups excluding carboxylic acids is 1. The number of hydrogen-bond donors (Lipinski definition) is 1. The third-order valence-corrected chi connectivity index (χ3v) is 8.33. The maximum atomic E-state index is 13.6. The van der Waals surface area contributed by atoms with Crippen molar-refractivity contribution < 1.29 is 17.9 Å². The van der Waals surface area contributed by atoms with Crippen LogP contribution in [0, 0.1) is 13.8 Å². The van der Waals surface area contributed by atoms with Gasteiger partial charge in [0.25, 0.3) is 15.9 Å². The molecule has 38 heavy (non-hydrogen) atoms. The van der Waals surface area contributed by atoms with Gasteiger partial charge in [-0.2, -0.15) is 0 Å². The van der Waals surface area contributed by atoms with E-state index in [0.29, 0.717) is 27.2 Å². The molecule has 0 bridgehead atoms. The van der Waals surface area contributed by atoms with Crippen molar-refractivity contribution in [1.82, 2.24) is 0 Å². The van der Waals surface area contributed by atoms with E-state index in [1.54, 1.807) is 91.0 Å². The predicted octanol–water partition coefficient (Wildman–Crippen LogP) is 7.02. The van der Waals surface area contributed by atoms with E-state index in [9.17, 15) is 13.2 Å². The second-order valence-corrected chi connectivity index (χ2v) is 11.4. The fourth-order valence-electron chi connectivity index (χ4n) is 3.69. The summed E-state index contributed by atoms with van der Waals surface area (Å²) in [5, 5.41) is 3.90. The summed E-state index contributed by atoms with van der Waals surface area (Å²) in [5.74, 6) is 0.0802. The molecule has 6 nitrogen and oxygen atoms in total. The molecule has 0 saturated carbocycles. The summed E-state index contributed by atoms with van der Waals surface area (Å²) in [6, 6.07) is 25.6. The van der Waals surface area contributed by atoms with Crippen LogP contribution in [0.25, 0.3) is 0 Å². The molecule has 0 saturated heterocycles. The van der Waals surface area contributed by atoms with Crippen molar-refractivity contribution in [2.75, 3.05) is 16.2 Å². The summed E-state index contributed by atoms with van der Waals surface area (Å²) in [7, 11) is -3.88. The number of halogens is 2. The standard InChI is InChI=1S/C29H26Cl2N2O4S/c1-20-6-16-26(17-7-20)38(35,36)33(18-22-8-10-23(30)11-9-22)24-12-14-25(15-13-24)37-19-29(34)32-28-5-3-4-27(31)21(28)2/h3-17H,18-19H2,1-2H3,(H,32,34). The number of amides is 1. The van der Waals surface area contributed by atoms with E-state index in [2.05, 4.69) is 5.32 Å². The van der Waals surface area contributed by atoms with E-state index >= 15 is 0 Å². The minimum Gasteiger partial charge on any atom is -0.484 e. The van der Waals surface area contributed by atoms with Gasteiger partial charge in [0.1, 0.15) is 5.75 Å². The number of nitrogens with one attached hydrogen (secondary N) is 1. The quantitative estimate of drug-likeness (QED) is 0.235. The van der Waals surface area contributed by atoms with Gasteiger partial charge < -0.3 is 10.1 Å². The minimum absolute atomic E-state index is 0.106. The summed E-state index contributed by atoms with van der Waals surface area (Å²) < 4.78 is 34.3. The van der Waals surface area contributed by atoms with Gasteiger partial charge in [-0.05, 0) is 85.6 Å².